The lowest BCUT2D eigenvalue weighted by molar-refractivity contribution is -0.129. The molecule has 1 saturated carbocycles. The van der Waals surface area contributed by atoms with Crippen molar-refractivity contribution in [2.45, 2.75) is 44.8 Å². The lowest BCUT2D eigenvalue weighted by Crippen LogP contribution is -2.31. The third-order valence-corrected chi connectivity index (χ3v) is 3.58. The Morgan fingerprint density at radius 1 is 1.47 bits per heavy atom. The summed E-state index contributed by atoms with van der Waals surface area (Å²) in [6, 6.07) is 4.99. The first-order chi connectivity index (χ1) is 9.06. The van der Waals surface area contributed by atoms with E-state index >= 15 is 0 Å². The zero-order chi connectivity index (χ0) is 13.8. The Labute approximate surface area is 118 Å². The number of nitrogens with two attached hydrogens (primary N) is 1. The molecule has 0 heterocycles. The number of hydrogen-bond acceptors (Lipinski definition) is 3. The molecule has 1 aromatic carbocycles. The van der Waals surface area contributed by atoms with Crippen LogP contribution in [0.15, 0.2) is 18.2 Å². The summed E-state index contributed by atoms with van der Waals surface area (Å²) in [5.41, 5.74) is 6.81. The largest absolute Gasteiger partial charge is 0.397 e. The zero-order valence-electron chi connectivity index (χ0n) is 11.0. The molecular weight excluding hydrogens is 264 g/mol. The molecule has 0 aliphatic heterocycles. The summed E-state index contributed by atoms with van der Waals surface area (Å²) >= 11 is 5.88. The summed E-state index contributed by atoms with van der Waals surface area (Å²) in [4.78, 5) is 12.0. The van der Waals surface area contributed by atoms with E-state index in [1.54, 1.807) is 25.1 Å². The second-order valence-corrected chi connectivity index (χ2v) is 5.34. The number of amides is 1. The van der Waals surface area contributed by atoms with E-state index in [2.05, 4.69) is 5.32 Å². The van der Waals surface area contributed by atoms with E-state index in [9.17, 15) is 4.79 Å². The Hall–Kier alpha value is -1.26. The van der Waals surface area contributed by atoms with Gasteiger partial charge in [0.2, 0.25) is 0 Å². The van der Waals surface area contributed by atoms with Crippen molar-refractivity contribution >= 4 is 28.9 Å². The maximum atomic E-state index is 12.0. The number of carbonyl (C=O) groups excluding carboxylic acids is 1. The van der Waals surface area contributed by atoms with Gasteiger partial charge in [0.15, 0.2) is 0 Å². The highest BCUT2D eigenvalue weighted by Gasteiger charge is 2.22. The van der Waals surface area contributed by atoms with Gasteiger partial charge in [-0.15, -0.1) is 0 Å². The molecule has 104 valence electrons. The van der Waals surface area contributed by atoms with E-state index in [1.807, 2.05) is 0 Å². The van der Waals surface area contributed by atoms with Crippen molar-refractivity contribution in [2.24, 2.45) is 0 Å². The number of benzene rings is 1. The highest BCUT2D eigenvalue weighted by molar-refractivity contribution is 6.31. The number of halogens is 1. The molecule has 0 saturated heterocycles. The second-order valence-electron chi connectivity index (χ2n) is 4.91. The lowest BCUT2D eigenvalue weighted by atomic mass is 10.2. The Bertz CT molecular complexity index is 459. The molecular formula is C14H19ClN2O2. The van der Waals surface area contributed by atoms with E-state index in [0.717, 1.165) is 12.8 Å². The van der Waals surface area contributed by atoms with Gasteiger partial charge < -0.3 is 15.8 Å². The molecule has 1 unspecified atom stereocenters. The van der Waals surface area contributed by atoms with Gasteiger partial charge in [0.25, 0.3) is 5.91 Å². The van der Waals surface area contributed by atoms with Crippen LogP contribution >= 0.6 is 11.6 Å². The molecule has 0 spiro atoms. The van der Waals surface area contributed by atoms with E-state index in [-0.39, 0.29) is 12.0 Å². The van der Waals surface area contributed by atoms with Crippen LogP contribution < -0.4 is 11.1 Å². The van der Waals surface area contributed by atoms with Gasteiger partial charge in [0, 0.05) is 5.02 Å². The standard InChI is InChI=1S/C14H19ClN2O2/c1-9(19-11-4-2-3-5-11)14(18)17-13-8-10(15)6-7-12(13)16/h6-9,11H,2-5,16H2,1H3,(H,17,18). The van der Waals surface area contributed by atoms with E-state index in [1.165, 1.54) is 12.8 Å². The topological polar surface area (TPSA) is 64.3 Å². The Morgan fingerprint density at radius 3 is 2.84 bits per heavy atom. The zero-order valence-corrected chi connectivity index (χ0v) is 11.7. The van der Waals surface area contributed by atoms with Gasteiger partial charge in [0.1, 0.15) is 6.10 Å². The Balaban J connectivity index is 1.93. The van der Waals surface area contributed by atoms with Gasteiger partial charge in [0.05, 0.1) is 17.5 Å². The second kappa shape index (κ2) is 6.26. The first-order valence-electron chi connectivity index (χ1n) is 6.57. The van der Waals surface area contributed by atoms with Gasteiger partial charge in [-0.05, 0) is 38.0 Å². The molecule has 1 atom stereocenters. The van der Waals surface area contributed by atoms with Gasteiger partial charge >= 0.3 is 0 Å². The van der Waals surface area contributed by atoms with E-state index in [4.69, 9.17) is 22.1 Å². The fourth-order valence-corrected chi connectivity index (χ4v) is 2.42. The molecule has 19 heavy (non-hydrogen) atoms. The van der Waals surface area contributed by atoms with Crippen molar-refractivity contribution in [3.63, 3.8) is 0 Å². The minimum atomic E-state index is -0.485. The van der Waals surface area contributed by atoms with Gasteiger partial charge in [-0.3, -0.25) is 4.79 Å². The molecule has 1 fully saturated rings. The van der Waals surface area contributed by atoms with Gasteiger partial charge in [-0.1, -0.05) is 24.4 Å². The number of ether oxygens (including phenoxy) is 1. The summed E-state index contributed by atoms with van der Waals surface area (Å²) in [7, 11) is 0. The summed E-state index contributed by atoms with van der Waals surface area (Å²) < 4.78 is 5.73. The lowest BCUT2D eigenvalue weighted by Gasteiger charge is -2.18. The van der Waals surface area contributed by atoms with Crippen LogP contribution in [0.1, 0.15) is 32.6 Å². The monoisotopic (exact) mass is 282 g/mol. The van der Waals surface area contributed by atoms with Crippen LogP contribution in [0, 0.1) is 0 Å². The summed E-state index contributed by atoms with van der Waals surface area (Å²) in [6.07, 6.45) is 4.16. The Morgan fingerprint density at radius 2 is 2.16 bits per heavy atom. The van der Waals surface area contributed by atoms with Crippen LogP contribution in [0.25, 0.3) is 0 Å². The molecule has 5 heteroatoms. The highest BCUT2D eigenvalue weighted by Crippen LogP contribution is 2.25. The molecule has 1 aliphatic rings. The van der Waals surface area contributed by atoms with Crippen molar-refractivity contribution in [3.8, 4) is 0 Å². The van der Waals surface area contributed by atoms with Gasteiger partial charge in [-0.2, -0.15) is 0 Å². The van der Waals surface area contributed by atoms with Crippen molar-refractivity contribution < 1.29 is 9.53 Å². The predicted octanol–water partition coefficient (Wildman–Crippen LogP) is 3.21. The maximum Gasteiger partial charge on any atom is 0.253 e. The molecule has 0 aromatic heterocycles. The van der Waals surface area contributed by atoms with Crippen LogP contribution in [0.4, 0.5) is 11.4 Å². The third-order valence-electron chi connectivity index (χ3n) is 3.34. The highest BCUT2D eigenvalue weighted by atomic mass is 35.5. The van der Waals surface area contributed by atoms with E-state index in [0.29, 0.717) is 16.4 Å². The smallest absolute Gasteiger partial charge is 0.253 e. The first kappa shape index (κ1) is 14.2. The number of anilines is 2. The molecule has 2 rings (SSSR count). The van der Waals surface area contributed by atoms with Crippen LogP contribution in [-0.4, -0.2) is 18.1 Å². The minimum absolute atomic E-state index is 0.194. The molecule has 1 aliphatic carbocycles. The summed E-state index contributed by atoms with van der Waals surface area (Å²) in [5, 5.41) is 3.29. The first-order valence-corrected chi connectivity index (χ1v) is 6.95. The quantitative estimate of drug-likeness (QED) is 0.834. The fraction of sp³-hybridized carbons (Fsp3) is 0.500. The summed E-state index contributed by atoms with van der Waals surface area (Å²) in [5.74, 6) is -0.194. The minimum Gasteiger partial charge on any atom is -0.397 e. The molecule has 4 nitrogen and oxygen atoms in total. The number of carbonyl (C=O) groups is 1. The third kappa shape index (κ3) is 3.85. The molecule has 0 radical (unpaired) electrons. The average molecular weight is 283 g/mol. The predicted molar refractivity (Wildman–Crippen MR) is 77.3 cm³/mol. The fourth-order valence-electron chi connectivity index (χ4n) is 2.25. The van der Waals surface area contributed by atoms with Crippen molar-refractivity contribution in [1.29, 1.82) is 0 Å². The number of nitrogens with one attached hydrogen (secondary N) is 1. The molecule has 0 bridgehead atoms. The molecule has 3 N–H and O–H groups in total. The van der Waals surface area contributed by atoms with Crippen molar-refractivity contribution in [3.05, 3.63) is 23.2 Å². The van der Waals surface area contributed by atoms with Crippen molar-refractivity contribution in [2.75, 3.05) is 11.1 Å². The van der Waals surface area contributed by atoms with Gasteiger partial charge in [-0.25, -0.2) is 0 Å². The summed E-state index contributed by atoms with van der Waals surface area (Å²) in [6.45, 7) is 1.76. The van der Waals surface area contributed by atoms with Crippen LogP contribution in [0.5, 0.6) is 0 Å². The maximum absolute atomic E-state index is 12.0. The SMILES string of the molecule is CC(OC1CCCC1)C(=O)Nc1cc(Cl)ccc1N. The number of hydrogen-bond donors (Lipinski definition) is 2. The Kier molecular flexibility index (Phi) is 4.66. The number of rotatable bonds is 4. The number of nitrogen functional groups attached to an aromatic ring is 1. The molecule has 1 aromatic rings. The average Bonchev–Trinajstić information content (AvgIpc) is 2.86. The van der Waals surface area contributed by atoms with Crippen molar-refractivity contribution in [1.82, 2.24) is 0 Å². The molecule has 1 amide bonds. The van der Waals surface area contributed by atoms with Crippen LogP contribution in [-0.2, 0) is 9.53 Å². The van der Waals surface area contributed by atoms with E-state index < -0.39 is 6.10 Å². The normalized spacial score (nSPS) is 17.4. The van der Waals surface area contributed by atoms with Crippen LogP contribution in [0.3, 0.4) is 0 Å². The van der Waals surface area contributed by atoms with Crippen LogP contribution in [0.2, 0.25) is 5.02 Å².